The number of hydrogen-bond acceptors (Lipinski definition) is 1. The highest BCUT2D eigenvalue weighted by Crippen LogP contribution is 2.49. The molecule has 5 atom stereocenters. The Balaban J connectivity index is 0.000000563. The van der Waals surface area contributed by atoms with Crippen LogP contribution in [0.15, 0.2) is 0 Å². The monoisotopic (exact) mass is 281 g/mol. The first-order valence-corrected chi connectivity index (χ1v) is 4.71. The molecule has 3 unspecified atom stereocenters. The van der Waals surface area contributed by atoms with Gasteiger partial charge in [-0.1, -0.05) is 0 Å². The van der Waals surface area contributed by atoms with Crippen LogP contribution in [0, 0.1) is 11.8 Å². The molecule has 0 radical (unpaired) electrons. The maximum absolute atomic E-state index is 9.81. The minimum absolute atomic E-state index is 0. The quantitative estimate of drug-likeness (QED) is 0.376. The Morgan fingerprint density at radius 1 is 1.17 bits per heavy atom. The highest BCUT2D eigenvalue weighted by molar-refractivity contribution is 4.96. The van der Waals surface area contributed by atoms with Crippen molar-refractivity contribution in [1.82, 2.24) is 0 Å². The molecule has 1 aliphatic carbocycles. The van der Waals surface area contributed by atoms with Crippen LogP contribution in [0.2, 0.25) is 0 Å². The van der Waals surface area contributed by atoms with Gasteiger partial charge in [-0.05, 0) is 0 Å². The molecule has 3 aliphatic heterocycles. The van der Waals surface area contributed by atoms with Crippen LogP contribution < -0.4 is 24.0 Å². The zero-order chi connectivity index (χ0) is 7.64. The minimum Gasteiger partial charge on any atom is -1.00 e. The van der Waals surface area contributed by atoms with E-state index in [0.29, 0.717) is 11.8 Å². The van der Waals surface area contributed by atoms with E-state index in [9.17, 15) is 5.11 Å². The zero-order valence-electron chi connectivity index (χ0n) is 7.41. The second-order valence-corrected chi connectivity index (χ2v) is 4.98. The fourth-order valence-corrected chi connectivity index (χ4v) is 3.78. The molecule has 0 aromatic carbocycles. The van der Waals surface area contributed by atoms with E-state index in [1.54, 1.807) is 0 Å². The van der Waals surface area contributed by atoms with Gasteiger partial charge < -0.3 is 33.6 Å². The van der Waals surface area contributed by atoms with Crippen molar-refractivity contribution in [2.24, 2.45) is 11.8 Å². The highest BCUT2D eigenvalue weighted by atomic mass is 127. The van der Waals surface area contributed by atoms with Gasteiger partial charge in [-0.2, -0.15) is 0 Å². The van der Waals surface area contributed by atoms with Gasteiger partial charge in [-0.25, -0.2) is 0 Å². The van der Waals surface area contributed by atoms with Gasteiger partial charge in [0.2, 0.25) is 0 Å². The Labute approximate surface area is 90.5 Å². The molecular weight excluding hydrogens is 265 g/mol. The fraction of sp³-hybridized carbons (Fsp3) is 1.00. The molecule has 12 heavy (non-hydrogen) atoms. The molecule has 0 aromatic rings. The van der Waals surface area contributed by atoms with Gasteiger partial charge in [0, 0.05) is 24.7 Å². The Bertz CT molecular complexity index is 193. The van der Waals surface area contributed by atoms with Crippen LogP contribution in [0.5, 0.6) is 0 Å². The van der Waals surface area contributed by atoms with E-state index >= 15 is 0 Å². The summed E-state index contributed by atoms with van der Waals surface area (Å²) >= 11 is 0. The second kappa shape index (κ2) is 2.58. The summed E-state index contributed by atoms with van der Waals surface area (Å²) in [6.45, 7) is 2.50. The number of piperidine rings is 1. The fourth-order valence-electron chi connectivity index (χ4n) is 3.78. The summed E-state index contributed by atoms with van der Waals surface area (Å²) in [5, 5.41) is 9.81. The van der Waals surface area contributed by atoms with Crippen LogP contribution in [0.4, 0.5) is 0 Å². The summed E-state index contributed by atoms with van der Waals surface area (Å²) in [4.78, 5) is 0. The summed E-state index contributed by atoms with van der Waals surface area (Å²) in [7, 11) is 2.37. The molecular formula is C9H16INO. The maximum Gasteiger partial charge on any atom is 0.0900 e. The lowest BCUT2D eigenvalue weighted by Gasteiger charge is -2.34. The van der Waals surface area contributed by atoms with Crippen molar-refractivity contribution in [3.63, 3.8) is 0 Å². The van der Waals surface area contributed by atoms with Gasteiger partial charge in [0.1, 0.15) is 0 Å². The summed E-state index contributed by atoms with van der Waals surface area (Å²) in [6.07, 6.45) is 2.66. The Hall–Kier alpha value is 0.650. The van der Waals surface area contributed by atoms with Gasteiger partial charge in [-0.3, -0.25) is 0 Å². The van der Waals surface area contributed by atoms with Gasteiger partial charge in [0.15, 0.2) is 0 Å². The maximum atomic E-state index is 9.81. The number of aliphatic hydroxyl groups is 1. The van der Waals surface area contributed by atoms with E-state index in [4.69, 9.17) is 0 Å². The molecule has 0 aromatic heterocycles. The number of aliphatic hydroxyl groups excluding tert-OH is 1. The lowest BCUT2D eigenvalue weighted by atomic mass is 9.80. The van der Waals surface area contributed by atoms with Gasteiger partial charge in [0.05, 0.1) is 32.3 Å². The SMILES string of the molecule is C[N+]12C[C@H]3CC1C[C@@H](C2)C3O.[I-]. The van der Waals surface area contributed by atoms with E-state index in [2.05, 4.69) is 7.05 Å². The molecule has 1 N–H and O–H groups in total. The molecule has 0 amide bonds. The zero-order valence-corrected chi connectivity index (χ0v) is 9.57. The smallest absolute Gasteiger partial charge is 0.0900 e. The summed E-state index contributed by atoms with van der Waals surface area (Å²) in [5.41, 5.74) is 0. The van der Waals surface area contributed by atoms with E-state index < -0.39 is 0 Å². The number of rotatable bonds is 0. The van der Waals surface area contributed by atoms with Crippen LogP contribution in [0.1, 0.15) is 12.8 Å². The predicted octanol–water partition coefficient (Wildman–Crippen LogP) is -2.78. The largest absolute Gasteiger partial charge is 1.00 e. The average Bonchev–Trinajstić information content (AvgIpc) is 2.31. The molecule has 4 rings (SSSR count). The third kappa shape index (κ3) is 0.930. The highest BCUT2D eigenvalue weighted by Gasteiger charge is 2.60. The first kappa shape index (κ1) is 9.21. The van der Waals surface area contributed by atoms with Crippen LogP contribution in [-0.4, -0.2) is 41.9 Å². The van der Waals surface area contributed by atoms with Gasteiger partial charge >= 0.3 is 0 Å². The molecule has 4 bridgehead atoms. The number of halogens is 1. The van der Waals surface area contributed by atoms with Gasteiger partial charge in [0.25, 0.3) is 0 Å². The first-order chi connectivity index (χ1) is 5.19. The van der Waals surface area contributed by atoms with Gasteiger partial charge in [-0.15, -0.1) is 0 Å². The van der Waals surface area contributed by atoms with E-state index in [0.717, 1.165) is 6.04 Å². The number of hydrogen-bond donors (Lipinski definition) is 1. The summed E-state index contributed by atoms with van der Waals surface area (Å²) in [6, 6.07) is 0.911. The first-order valence-electron chi connectivity index (χ1n) is 4.71. The predicted molar refractivity (Wildman–Crippen MR) is 41.9 cm³/mol. The third-order valence-corrected chi connectivity index (χ3v) is 4.30. The lowest BCUT2D eigenvalue weighted by Crippen LogP contribution is -3.00. The van der Waals surface area contributed by atoms with Crippen molar-refractivity contribution < 1.29 is 33.6 Å². The topological polar surface area (TPSA) is 20.2 Å². The average molecular weight is 281 g/mol. The number of nitrogens with zero attached hydrogens (tertiary/aromatic N) is 1. The van der Waals surface area contributed by atoms with Crippen molar-refractivity contribution in [2.45, 2.75) is 25.0 Å². The molecule has 3 saturated heterocycles. The van der Waals surface area contributed by atoms with Crippen LogP contribution in [-0.2, 0) is 0 Å². The molecule has 4 aliphatic rings. The molecule has 0 spiro atoms. The minimum atomic E-state index is 0. The molecule has 2 nitrogen and oxygen atoms in total. The molecule has 3 heteroatoms. The van der Waals surface area contributed by atoms with E-state index in [1.165, 1.54) is 30.4 Å². The lowest BCUT2D eigenvalue weighted by molar-refractivity contribution is -0.914. The third-order valence-electron chi connectivity index (χ3n) is 4.30. The summed E-state index contributed by atoms with van der Waals surface area (Å²) in [5.74, 6) is 1.30. The Morgan fingerprint density at radius 2 is 1.67 bits per heavy atom. The molecule has 3 heterocycles. The van der Waals surface area contributed by atoms with Crippen molar-refractivity contribution in [3.8, 4) is 0 Å². The standard InChI is InChI=1S/C9H16NO.HI/c1-10-4-6-2-8(10)3-7(5-10)9(6)11;/h6-9,11H,2-5H2,1H3;1H/q+1;/p-1/t6-,7+,8?,9?,10?;. The van der Waals surface area contributed by atoms with Crippen LogP contribution in [0.25, 0.3) is 0 Å². The van der Waals surface area contributed by atoms with Crippen molar-refractivity contribution in [2.75, 3.05) is 20.1 Å². The molecule has 70 valence electrons. The van der Waals surface area contributed by atoms with E-state index in [1.807, 2.05) is 0 Å². The van der Waals surface area contributed by atoms with Crippen molar-refractivity contribution >= 4 is 0 Å². The Kier molecular flexibility index (Phi) is 1.98. The van der Waals surface area contributed by atoms with E-state index in [-0.39, 0.29) is 30.1 Å². The van der Waals surface area contributed by atoms with Crippen molar-refractivity contribution in [1.29, 1.82) is 0 Å². The van der Waals surface area contributed by atoms with Crippen LogP contribution in [0.3, 0.4) is 0 Å². The normalized spacial score (nSPS) is 60.5. The summed E-state index contributed by atoms with van der Waals surface area (Å²) < 4.78 is 1.28. The molecule has 4 fully saturated rings. The molecule has 1 saturated carbocycles. The van der Waals surface area contributed by atoms with Crippen molar-refractivity contribution in [3.05, 3.63) is 0 Å². The number of quaternary nitrogens is 1. The van der Waals surface area contributed by atoms with Crippen LogP contribution >= 0.6 is 0 Å². The second-order valence-electron chi connectivity index (χ2n) is 4.98. The Morgan fingerprint density at radius 3 is 2.08 bits per heavy atom.